The molecule has 0 radical (unpaired) electrons. The van der Waals surface area contributed by atoms with E-state index in [1.165, 1.54) is 24.4 Å². The molecule has 3 aromatic rings. The number of halogens is 1. The highest BCUT2D eigenvalue weighted by Gasteiger charge is 2.15. The van der Waals surface area contributed by atoms with Crippen molar-refractivity contribution in [2.24, 2.45) is 0 Å². The van der Waals surface area contributed by atoms with Gasteiger partial charge < -0.3 is 14.9 Å². The largest absolute Gasteiger partial charge is 0.508 e. The molecular weight excluding hydrogens is 309 g/mol. The maximum Gasteiger partial charge on any atom is 0.179 e. The molecule has 2 aromatic carbocycles. The van der Waals surface area contributed by atoms with Gasteiger partial charge in [-0.05, 0) is 12.1 Å². The smallest absolute Gasteiger partial charge is 0.179 e. The fraction of sp³-hybridized carbons (Fsp3) is 0. The van der Waals surface area contributed by atoms with Crippen LogP contribution < -0.4 is 5.32 Å². The highest BCUT2D eigenvalue weighted by molar-refractivity contribution is 5.71. The van der Waals surface area contributed by atoms with Gasteiger partial charge in [0.1, 0.15) is 28.9 Å². The molecule has 0 spiro atoms. The number of phenolic OH excluding ortho intramolecular Hbond substituents is 1. The Morgan fingerprint density at radius 3 is 2.71 bits per heavy atom. The van der Waals surface area contributed by atoms with E-state index in [0.29, 0.717) is 11.3 Å². The lowest BCUT2D eigenvalue weighted by atomic mass is 10.1. The maximum atomic E-state index is 13.6. The molecule has 0 bridgehead atoms. The monoisotopic (exact) mass is 321 g/mol. The van der Waals surface area contributed by atoms with Gasteiger partial charge in [0.25, 0.3) is 0 Å². The Morgan fingerprint density at radius 1 is 1.21 bits per heavy atom. The molecule has 2 N–H and O–H groups in total. The van der Waals surface area contributed by atoms with Crippen molar-refractivity contribution in [1.82, 2.24) is 5.16 Å². The third-order valence-corrected chi connectivity index (χ3v) is 3.30. The van der Waals surface area contributed by atoms with E-state index in [9.17, 15) is 14.8 Å². The molecule has 0 saturated carbocycles. The Labute approximate surface area is 137 Å². The van der Waals surface area contributed by atoms with Crippen molar-refractivity contribution in [2.45, 2.75) is 0 Å². The number of hydrogen-bond donors (Lipinski definition) is 2. The summed E-state index contributed by atoms with van der Waals surface area (Å²) in [5, 5.41) is 25.2. The molecule has 24 heavy (non-hydrogen) atoms. The highest BCUT2D eigenvalue weighted by atomic mass is 19.1. The van der Waals surface area contributed by atoms with Gasteiger partial charge in [-0.1, -0.05) is 35.5 Å². The van der Waals surface area contributed by atoms with Crippen LogP contribution in [0.25, 0.3) is 17.3 Å². The summed E-state index contributed by atoms with van der Waals surface area (Å²) < 4.78 is 18.8. The Morgan fingerprint density at radius 2 is 2.00 bits per heavy atom. The van der Waals surface area contributed by atoms with Gasteiger partial charge >= 0.3 is 0 Å². The van der Waals surface area contributed by atoms with Gasteiger partial charge in [-0.2, -0.15) is 5.26 Å². The standard InChI is InChI=1S/C18H12FN3O2/c19-15-10-13(23)6-7-16(15)21-9-8-17-14(11-20)18(22-24-17)12-4-2-1-3-5-12/h1-10,21,23H/b9-8+. The van der Waals surface area contributed by atoms with Crippen LogP contribution in [-0.2, 0) is 0 Å². The van der Waals surface area contributed by atoms with Crippen LogP contribution in [0.1, 0.15) is 11.3 Å². The van der Waals surface area contributed by atoms with Crippen LogP contribution in [0, 0.1) is 17.1 Å². The Bertz CT molecular complexity index is 927. The van der Waals surface area contributed by atoms with Gasteiger partial charge in [0.05, 0.1) is 5.69 Å². The Kier molecular flexibility index (Phi) is 4.25. The summed E-state index contributed by atoms with van der Waals surface area (Å²) in [6, 6.07) is 15.0. The number of rotatable bonds is 4. The number of anilines is 1. The van der Waals surface area contributed by atoms with Crippen LogP contribution >= 0.6 is 0 Å². The van der Waals surface area contributed by atoms with Gasteiger partial charge in [-0.25, -0.2) is 4.39 Å². The second-order valence-electron chi connectivity index (χ2n) is 4.89. The molecule has 6 heteroatoms. The highest BCUT2D eigenvalue weighted by Crippen LogP contribution is 2.25. The van der Waals surface area contributed by atoms with E-state index >= 15 is 0 Å². The molecule has 0 aliphatic rings. The third kappa shape index (κ3) is 3.10. The van der Waals surface area contributed by atoms with Gasteiger partial charge in [0.15, 0.2) is 5.76 Å². The van der Waals surface area contributed by atoms with E-state index in [0.717, 1.165) is 11.6 Å². The number of hydrogen-bond acceptors (Lipinski definition) is 5. The van der Waals surface area contributed by atoms with Gasteiger partial charge in [0, 0.05) is 23.9 Å². The molecule has 0 fully saturated rings. The Hall–Kier alpha value is -3.59. The zero-order valence-electron chi connectivity index (χ0n) is 12.4. The fourth-order valence-electron chi connectivity index (χ4n) is 2.15. The second-order valence-corrected chi connectivity index (χ2v) is 4.89. The molecule has 5 nitrogen and oxygen atoms in total. The molecule has 1 heterocycles. The first-order chi connectivity index (χ1) is 11.7. The van der Waals surface area contributed by atoms with Crippen LogP contribution in [0.2, 0.25) is 0 Å². The minimum absolute atomic E-state index is 0.156. The van der Waals surface area contributed by atoms with Crippen molar-refractivity contribution in [1.29, 1.82) is 5.26 Å². The summed E-state index contributed by atoms with van der Waals surface area (Å²) in [6.45, 7) is 0. The molecule has 0 amide bonds. The normalized spacial score (nSPS) is 10.7. The lowest BCUT2D eigenvalue weighted by molar-refractivity contribution is 0.415. The molecule has 0 unspecified atom stereocenters. The topological polar surface area (TPSA) is 82.1 Å². The van der Waals surface area contributed by atoms with E-state index < -0.39 is 5.82 Å². The van der Waals surface area contributed by atoms with Gasteiger partial charge in [0.2, 0.25) is 0 Å². The van der Waals surface area contributed by atoms with E-state index in [-0.39, 0.29) is 17.2 Å². The van der Waals surface area contributed by atoms with E-state index in [4.69, 9.17) is 4.52 Å². The van der Waals surface area contributed by atoms with Crippen molar-refractivity contribution in [3.8, 4) is 23.1 Å². The summed E-state index contributed by atoms with van der Waals surface area (Å²) in [7, 11) is 0. The number of nitrogens with zero attached hydrogens (tertiary/aromatic N) is 2. The minimum atomic E-state index is -0.595. The van der Waals surface area contributed by atoms with Crippen LogP contribution in [0.15, 0.2) is 59.3 Å². The van der Waals surface area contributed by atoms with E-state index in [1.807, 2.05) is 30.3 Å². The predicted molar refractivity (Wildman–Crippen MR) is 87.4 cm³/mol. The SMILES string of the molecule is N#Cc1c(-c2ccccc2)noc1/C=C/Nc1ccc(O)cc1F. The summed E-state index contributed by atoms with van der Waals surface area (Å²) in [5.74, 6) is -0.484. The van der Waals surface area contributed by atoms with Crippen molar-refractivity contribution < 1.29 is 14.0 Å². The number of nitriles is 1. The second kappa shape index (κ2) is 6.67. The summed E-state index contributed by atoms with van der Waals surface area (Å²) >= 11 is 0. The molecule has 0 aliphatic heterocycles. The van der Waals surface area contributed by atoms with E-state index in [2.05, 4.69) is 16.5 Å². The van der Waals surface area contributed by atoms with Crippen molar-refractivity contribution in [3.05, 3.63) is 71.9 Å². The maximum absolute atomic E-state index is 13.6. The number of nitrogens with one attached hydrogen (secondary N) is 1. The average Bonchev–Trinajstić information content (AvgIpc) is 3.00. The number of aromatic hydroxyl groups is 1. The predicted octanol–water partition coefficient (Wildman–Crippen LogP) is 4.14. The molecular formula is C18H12FN3O2. The molecule has 0 atom stereocenters. The van der Waals surface area contributed by atoms with Crippen LogP contribution in [0.3, 0.4) is 0 Å². The lowest BCUT2D eigenvalue weighted by Gasteiger charge is -2.02. The number of phenols is 1. The first-order valence-electron chi connectivity index (χ1n) is 7.06. The molecule has 1 aromatic heterocycles. The quantitative estimate of drug-likeness (QED) is 0.706. The minimum Gasteiger partial charge on any atom is -0.508 e. The van der Waals surface area contributed by atoms with Gasteiger partial charge in [-0.3, -0.25) is 0 Å². The van der Waals surface area contributed by atoms with E-state index in [1.54, 1.807) is 0 Å². The zero-order chi connectivity index (χ0) is 16.9. The van der Waals surface area contributed by atoms with Crippen LogP contribution in [-0.4, -0.2) is 10.3 Å². The summed E-state index contributed by atoms with van der Waals surface area (Å²) in [5.41, 5.74) is 1.71. The summed E-state index contributed by atoms with van der Waals surface area (Å²) in [6.07, 6.45) is 2.93. The van der Waals surface area contributed by atoms with Crippen LogP contribution in [0.5, 0.6) is 5.75 Å². The fourth-order valence-corrected chi connectivity index (χ4v) is 2.15. The number of benzene rings is 2. The number of aromatic nitrogens is 1. The molecule has 0 saturated heterocycles. The average molecular weight is 321 g/mol. The van der Waals surface area contributed by atoms with Crippen molar-refractivity contribution >= 4 is 11.8 Å². The Balaban J connectivity index is 1.83. The van der Waals surface area contributed by atoms with Crippen molar-refractivity contribution in [2.75, 3.05) is 5.32 Å². The lowest BCUT2D eigenvalue weighted by Crippen LogP contribution is -1.91. The summed E-state index contributed by atoms with van der Waals surface area (Å²) in [4.78, 5) is 0. The molecule has 3 rings (SSSR count). The van der Waals surface area contributed by atoms with Crippen molar-refractivity contribution in [3.63, 3.8) is 0 Å². The molecule has 0 aliphatic carbocycles. The first-order valence-corrected chi connectivity index (χ1v) is 7.06. The van der Waals surface area contributed by atoms with Gasteiger partial charge in [-0.15, -0.1) is 0 Å². The molecule has 118 valence electrons. The first kappa shape index (κ1) is 15.3. The van der Waals surface area contributed by atoms with Crippen LogP contribution in [0.4, 0.5) is 10.1 Å². The third-order valence-electron chi connectivity index (χ3n) is 3.30. The zero-order valence-corrected chi connectivity index (χ0v) is 12.4.